The van der Waals surface area contributed by atoms with E-state index >= 15 is 0 Å². The van der Waals surface area contributed by atoms with Gasteiger partial charge in [0, 0.05) is 5.56 Å². The Morgan fingerprint density at radius 2 is 1.79 bits per heavy atom. The van der Waals surface area contributed by atoms with E-state index in [4.69, 9.17) is 9.47 Å². The lowest BCUT2D eigenvalue weighted by Gasteiger charge is -2.26. The van der Waals surface area contributed by atoms with Gasteiger partial charge in [-0.2, -0.15) is 0 Å². The first-order chi connectivity index (χ1) is 18.2. The molecule has 1 unspecified atom stereocenters. The largest absolute Gasteiger partial charge is 0.497 e. The number of halogens is 1. The Kier molecular flexibility index (Phi) is 10.3. The summed E-state index contributed by atoms with van der Waals surface area (Å²) in [5, 5.41) is 9.24. The molecule has 0 fully saturated rings. The van der Waals surface area contributed by atoms with Crippen molar-refractivity contribution < 1.29 is 23.8 Å². The van der Waals surface area contributed by atoms with Crippen LogP contribution in [0.2, 0.25) is 0 Å². The first-order valence-electron chi connectivity index (χ1n) is 13.6. The summed E-state index contributed by atoms with van der Waals surface area (Å²) in [6.45, 7) is 9.10. The molecular formula is C33H41FO4. The van der Waals surface area contributed by atoms with Gasteiger partial charge in [-0.15, -0.1) is 0 Å². The fraction of sp³-hybridized carbons (Fsp3) is 0.424. The van der Waals surface area contributed by atoms with E-state index < -0.39 is 5.97 Å². The zero-order chi connectivity index (χ0) is 27.7. The van der Waals surface area contributed by atoms with Crippen molar-refractivity contribution >= 4 is 5.97 Å². The van der Waals surface area contributed by atoms with Gasteiger partial charge in [0.25, 0.3) is 0 Å². The molecule has 3 aromatic rings. The molecule has 0 amide bonds. The van der Waals surface area contributed by atoms with Gasteiger partial charge in [0.1, 0.15) is 23.9 Å². The summed E-state index contributed by atoms with van der Waals surface area (Å²) < 4.78 is 26.5. The van der Waals surface area contributed by atoms with E-state index in [1.54, 1.807) is 19.2 Å². The predicted octanol–water partition coefficient (Wildman–Crippen LogP) is 8.81. The van der Waals surface area contributed by atoms with Crippen LogP contribution in [0.3, 0.4) is 0 Å². The van der Waals surface area contributed by atoms with Crippen molar-refractivity contribution in [3.05, 3.63) is 83.2 Å². The van der Waals surface area contributed by atoms with E-state index in [2.05, 4.69) is 26.8 Å². The van der Waals surface area contributed by atoms with E-state index in [1.165, 1.54) is 6.07 Å². The van der Waals surface area contributed by atoms with Gasteiger partial charge >= 0.3 is 5.97 Å². The highest BCUT2D eigenvalue weighted by molar-refractivity contribution is 5.70. The molecule has 0 aliphatic heterocycles. The van der Waals surface area contributed by atoms with Crippen LogP contribution < -0.4 is 9.47 Å². The number of methoxy groups -OCH3 is 1. The molecule has 0 aromatic heterocycles. The van der Waals surface area contributed by atoms with Gasteiger partial charge in [0.15, 0.2) is 0 Å². The molecular weight excluding hydrogens is 479 g/mol. The zero-order valence-corrected chi connectivity index (χ0v) is 23.4. The zero-order valence-electron chi connectivity index (χ0n) is 23.4. The maximum Gasteiger partial charge on any atom is 0.303 e. The molecule has 0 spiro atoms. The highest BCUT2D eigenvalue weighted by Crippen LogP contribution is 2.36. The Morgan fingerprint density at radius 3 is 2.47 bits per heavy atom. The van der Waals surface area contributed by atoms with Crippen molar-refractivity contribution in [3.63, 3.8) is 0 Å². The Labute approximate surface area is 226 Å². The molecule has 204 valence electrons. The second-order valence-corrected chi connectivity index (χ2v) is 10.8. The lowest BCUT2D eigenvalue weighted by atomic mass is 9.79. The van der Waals surface area contributed by atoms with Crippen LogP contribution in [0.4, 0.5) is 4.39 Å². The molecule has 0 radical (unpaired) electrons. The lowest BCUT2D eigenvalue weighted by molar-refractivity contribution is -0.137. The third-order valence-electron chi connectivity index (χ3n) is 7.16. The summed E-state index contributed by atoms with van der Waals surface area (Å²) in [6.07, 6.45) is 5.03. The highest BCUT2D eigenvalue weighted by atomic mass is 19.1. The van der Waals surface area contributed by atoms with Gasteiger partial charge in [-0.25, -0.2) is 4.39 Å². The number of unbranched alkanes of at least 4 members (excludes halogenated alkanes) is 1. The van der Waals surface area contributed by atoms with Crippen LogP contribution in [0.15, 0.2) is 60.7 Å². The van der Waals surface area contributed by atoms with Gasteiger partial charge in [-0.1, -0.05) is 70.9 Å². The normalized spacial score (nSPS) is 12.3. The van der Waals surface area contributed by atoms with E-state index in [1.807, 2.05) is 43.3 Å². The molecule has 0 bridgehead atoms. The Morgan fingerprint density at radius 1 is 1.00 bits per heavy atom. The Hall–Kier alpha value is -3.34. The van der Waals surface area contributed by atoms with E-state index in [9.17, 15) is 14.3 Å². The van der Waals surface area contributed by atoms with Crippen LogP contribution in [-0.2, 0) is 17.8 Å². The van der Waals surface area contributed by atoms with Crippen LogP contribution in [0.25, 0.3) is 11.1 Å². The second kappa shape index (κ2) is 13.5. The van der Waals surface area contributed by atoms with Crippen molar-refractivity contribution in [1.82, 2.24) is 0 Å². The smallest absolute Gasteiger partial charge is 0.303 e. The number of hydrogen-bond donors (Lipinski definition) is 1. The van der Waals surface area contributed by atoms with Gasteiger partial charge in [0.05, 0.1) is 13.5 Å². The van der Waals surface area contributed by atoms with Crippen LogP contribution in [0.1, 0.15) is 82.4 Å². The molecule has 3 rings (SSSR count). The summed E-state index contributed by atoms with van der Waals surface area (Å²) in [7, 11) is 1.59. The van der Waals surface area contributed by atoms with Crippen molar-refractivity contribution in [2.24, 2.45) is 5.41 Å². The van der Waals surface area contributed by atoms with Crippen LogP contribution in [0.5, 0.6) is 11.5 Å². The highest BCUT2D eigenvalue weighted by Gasteiger charge is 2.22. The number of carboxylic acids is 1. The molecule has 1 N–H and O–H groups in total. The van der Waals surface area contributed by atoms with Crippen molar-refractivity contribution in [2.75, 3.05) is 7.11 Å². The first kappa shape index (κ1) is 29.2. The summed E-state index contributed by atoms with van der Waals surface area (Å²) >= 11 is 0. The molecule has 0 aliphatic carbocycles. The second-order valence-electron chi connectivity index (χ2n) is 10.8. The van der Waals surface area contributed by atoms with Gasteiger partial charge in [0.2, 0.25) is 0 Å². The SMILES string of the molecule is CCCCC(C)(C)Cc1cc(COc2cccc(C(CC)CC(=O)O)c2)ccc1-c1cc(OC)ccc1F. The first-order valence-corrected chi connectivity index (χ1v) is 13.6. The summed E-state index contributed by atoms with van der Waals surface area (Å²) in [5.41, 5.74) is 4.52. The third-order valence-corrected chi connectivity index (χ3v) is 7.16. The van der Waals surface area contributed by atoms with Crippen molar-refractivity contribution in [1.29, 1.82) is 0 Å². The summed E-state index contributed by atoms with van der Waals surface area (Å²) in [4.78, 5) is 11.3. The van der Waals surface area contributed by atoms with E-state index in [0.29, 0.717) is 23.7 Å². The van der Waals surface area contributed by atoms with E-state index in [-0.39, 0.29) is 23.6 Å². The topological polar surface area (TPSA) is 55.8 Å². The minimum absolute atomic E-state index is 0.0509. The van der Waals surface area contributed by atoms with Crippen LogP contribution in [0, 0.1) is 11.2 Å². The van der Waals surface area contributed by atoms with Gasteiger partial charge in [-0.05, 0) is 83.2 Å². The molecule has 38 heavy (non-hydrogen) atoms. The maximum atomic E-state index is 15.0. The number of hydrogen-bond acceptors (Lipinski definition) is 3. The fourth-order valence-electron chi connectivity index (χ4n) is 4.98. The molecule has 4 nitrogen and oxygen atoms in total. The molecule has 0 heterocycles. The standard InChI is InChI=1S/C33H41FO4/c1-6-8-16-33(3,4)21-26-17-23(12-14-29(26)30-20-27(37-5)13-15-31(30)34)22-38-28-11-9-10-25(18-28)24(7-2)19-32(35)36/h9-15,17-18,20,24H,6-8,16,19,21-22H2,1-5H3,(H,35,36). The minimum Gasteiger partial charge on any atom is -0.497 e. The summed E-state index contributed by atoms with van der Waals surface area (Å²) in [5.74, 6) is 0.207. The quantitative estimate of drug-likeness (QED) is 0.231. The molecule has 0 aliphatic rings. The molecule has 3 aromatic carbocycles. The van der Waals surface area contributed by atoms with Gasteiger partial charge in [-0.3, -0.25) is 4.79 Å². The maximum absolute atomic E-state index is 15.0. The molecule has 1 atom stereocenters. The summed E-state index contributed by atoms with van der Waals surface area (Å²) in [6, 6.07) is 18.7. The number of rotatable bonds is 14. The van der Waals surface area contributed by atoms with Crippen molar-refractivity contribution in [3.8, 4) is 22.6 Å². The average molecular weight is 521 g/mol. The third kappa shape index (κ3) is 8.08. The molecule has 0 saturated heterocycles. The number of benzene rings is 3. The number of carbonyl (C=O) groups is 1. The van der Waals surface area contributed by atoms with Crippen LogP contribution in [-0.4, -0.2) is 18.2 Å². The minimum atomic E-state index is -0.801. The Balaban J connectivity index is 1.90. The monoisotopic (exact) mass is 520 g/mol. The molecule has 5 heteroatoms. The van der Waals surface area contributed by atoms with Crippen LogP contribution >= 0.6 is 0 Å². The number of ether oxygens (including phenoxy) is 2. The van der Waals surface area contributed by atoms with E-state index in [0.717, 1.165) is 54.4 Å². The van der Waals surface area contributed by atoms with Crippen molar-refractivity contribution in [2.45, 2.75) is 78.7 Å². The molecule has 0 saturated carbocycles. The fourth-order valence-corrected chi connectivity index (χ4v) is 4.98. The number of carboxylic acid groups (broad SMARTS) is 1. The van der Waals surface area contributed by atoms with Gasteiger partial charge < -0.3 is 14.6 Å². The predicted molar refractivity (Wildman–Crippen MR) is 151 cm³/mol. The lowest BCUT2D eigenvalue weighted by Crippen LogP contribution is -2.16. The number of aliphatic carboxylic acids is 1. The average Bonchev–Trinajstić information content (AvgIpc) is 2.90. The Bertz CT molecular complexity index is 1220.